The molecule has 0 fully saturated rings. The van der Waals surface area contributed by atoms with E-state index in [1.54, 1.807) is 0 Å². The molecule has 0 rings (SSSR count). The molecule has 0 aromatic rings. The molecule has 0 bridgehead atoms. The molecule has 0 aromatic carbocycles. The first kappa shape index (κ1) is 6.67. The van der Waals surface area contributed by atoms with Gasteiger partial charge in [0, 0.05) is 6.21 Å². The maximum absolute atomic E-state index is 8.34. The van der Waals surface area contributed by atoms with Crippen molar-refractivity contribution in [3.8, 4) is 0 Å². The topological polar surface area (TPSA) is 22.3 Å². The summed E-state index contributed by atoms with van der Waals surface area (Å²) in [4.78, 5) is 0. The first-order valence-corrected chi connectivity index (χ1v) is 2.78. The van der Waals surface area contributed by atoms with Gasteiger partial charge in [-0.2, -0.15) is 5.41 Å². The molecule has 0 aliphatic rings. The van der Waals surface area contributed by atoms with Gasteiger partial charge in [0.25, 0.3) is 0 Å². The lowest BCUT2D eigenvalue weighted by atomic mass is 10.1. The third-order valence-electron chi connectivity index (χ3n) is 0.998. The van der Waals surface area contributed by atoms with Crippen LogP contribution in [0.25, 0.3) is 0 Å². The van der Waals surface area contributed by atoms with Crippen LogP contribution in [0, 0.1) is 5.92 Å². The Kier molecular flexibility index (Phi) is 3.67. The highest BCUT2D eigenvalue weighted by molar-refractivity contribution is 5.56. The molecule has 0 amide bonds. The van der Waals surface area contributed by atoms with Crippen molar-refractivity contribution in [2.75, 3.05) is 0 Å². The Balaban J connectivity index is 2.98. The molecule has 0 aromatic heterocycles. The third-order valence-corrected chi connectivity index (χ3v) is 0.998. The fourth-order valence-corrected chi connectivity index (χ4v) is 0.530. The van der Waals surface area contributed by atoms with Crippen molar-refractivity contribution in [3.63, 3.8) is 0 Å². The van der Waals surface area contributed by atoms with Crippen LogP contribution in [0.15, 0.2) is 0 Å². The van der Waals surface area contributed by atoms with Gasteiger partial charge in [-0.15, -0.1) is 0 Å². The molecule has 1 nitrogen and oxygen atoms in total. The standard InChI is InChI=1S/C6H12N/c1-3-4-6(2)5-7/h5-6H,3-4H2,1-2H3. The Morgan fingerprint density at radius 3 is 2.43 bits per heavy atom. The molecule has 0 N–H and O–H groups in total. The van der Waals surface area contributed by atoms with E-state index in [4.69, 9.17) is 5.41 Å². The summed E-state index contributed by atoms with van der Waals surface area (Å²) in [5, 5.41) is 8.34. The highest BCUT2D eigenvalue weighted by atomic mass is 14.3. The Hall–Kier alpha value is -0.330. The quantitative estimate of drug-likeness (QED) is 0.475. The summed E-state index contributed by atoms with van der Waals surface area (Å²) in [6.45, 7) is 4.11. The van der Waals surface area contributed by atoms with Crippen LogP contribution in [0.1, 0.15) is 26.7 Å². The molecular formula is C6H12N. The van der Waals surface area contributed by atoms with Gasteiger partial charge < -0.3 is 0 Å². The highest BCUT2D eigenvalue weighted by Crippen LogP contribution is 1.98. The molecule has 0 aliphatic heterocycles. The van der Waals surface area contributed by atoms with Gasteiger partial charge in [-0.3, -0.25) is 0 Å². The van der Waals surface area contributed by atoms with Gasteiger partial charge in [0.1, 0.15) is 0 Å². The molecule has 0 spiro atoms. The highest BCUT2D eigenvalue weighted by Gasteiger charge is 1.91. The molecule has 41 valence electrons. The number of hydrogen-bond donors (Lipinski definition) is 0. The molecule has 1 unspecified atom stereocenters. The van der Waals surface area contributed by atoms with E-state index >= 15 is 0 Å². The van der Waals surface area contributed by atoms with E-state index in [9.17, 15) is 0 Å². The van der Waals surface area contributed by atoms with Crippen LogP contribution >= 0.6 is 0 Å². The van der Waals surface area contributed by atoms with Crippen molar-refractivity contribution >= 4 is 6.21 Å². The number of hydrogen-bond acceptors (Lipinski definition) is 0. The van der Waals surface area contributed by atoms with E-state index in [-0.39, 0.29) is 0 Å². The second-order valence-electron chi connectivity index (χ2n) is 1.92. The fraction of sp³-hybridized carbons (Fsp3) is 0.833. The van der Waals surface area contributed by atoms with Gasteiger partial charge in [0.2, 0.25) is 0 Å². The monoisotopic (exact) mass is 98.1 g/mol. The summed E-state index contributed by atoms with van der Waals surface area (Å²) in [5.74, 6) is 0.380. The lowest BCUT2D eigenvalue weighted by Crippen LogP contribution is -1.93. The van der Waals surface area contributed by atoms with Crippen molar-refractivity contribution in [1.29, 1.82) is 0 Å². The van der Waals surface area contributed by atoms with Gasteiger partial charge >= 0.3 is 0 Å². The lowest BCUT2D eigenvalue weighted by Gasteiger charge is -1.96. The zero-order valence-electron chi connectivity index (χ0n) is 5.02. The summed E-state index contributed by atoms with van der Waals surface area (Å²) >= 11 is 0. The Morgan fingerprint density at radius 2 is 2.29 bits per heavy atom. The molecule has 0 heterocycles. The van der Waals surface area contributed by atoms with Crippen LogP contribution in [0.2, 0.25) is 0 Å². The smallest absolute Gasteiger partial charge is 0.0298 e. The van der Waals surface area contributed by atoms with Gasteiger partial charge in [-0.05, 0) is 12.3 Å². The van der Waals surface area contributed by atoms with Crippen LogP contribution < -0.4 is 5.41 Å². The minimum atomic E-state index is 0.380. The van der Waals surface area contributed by atoms with Crippen molar-refractivity contribution < 1.29 is 0 Å². The second-order valence-corrected chi connectivity index (χ2v) is 1.92. The minimum Gasteiger partial charge on any atom is -0.164 e. The summed E-state index contributed by atoms with van der Waals surface area (Å²) in [5.41, 5.74) is 0. The summed E-state index contributed by atoms with van der Waals surface area (Å²) in [6.07, 6.45) is 3.50. The molecule has 1 radical (unpaired) electrons. The molecule has 1 atom stereocenters. The summed E-state index contributed by atoms with van der Waals surface area (Å²) in [7, 11) is 0. The SMILES string of the molecule is CCCC(C)C=[N]. The molecule has 1 heteroatoms. The second kappa shape index (κ2) is 3.85. The third kappa shape index (κ3) is 3.50. The summed E-state index contributed by atoms with van der Waals surface area (Å²) < 4.78 is 0. The van der Waals surface area contributed by atoms with Gasteiger partial charge in [0.15, 0.2) is 0 Å². The predicted octanol–water partition coefficient (Wildman–Crippen LogP) is 1.29. The zero-order valence-corrected chi connectivity index (χ0v) is 5.02. The van der Waals surface area contributed by atoms with E-state index in [0.717, 1.165) is 12.8 Å². The number of nitrogens with zero attached hydrogens (tertiary/aromatic N) is 1. The largest absolute Gasteiger partial charge is 0.164 e. The molecule has 0 saturated heterocycles. The molecule has 7 heavy (non-hydrogen) atoms. The average Bonchev–Trinajstić information content (AvgIpc) is 1.68. The number of rotatable bonds is 3. The van der Waals surface area contributed by atoms with Crippen molar-refractivity contribution in [2.45, 2.75) is 26.7 Å². The van der Waals surface area contributed by atoms with E-state index in [1.165, 1.54) is 6.21 Å². The van der Waals surface area contributed by atoms with Crippen LogP contribution in [0.3, 0.4) is 0 Å². The first-order valence-electron chi connectivity index (χ1n) is 2.78. The average molecular weight is 98.2 g/mol. The maximum atomic E-state index is 8.34. The maximum Gasteiger partial charge on any atom is 0.0298 e. The molecule has 0 saturated carbocycles. The Morgan fingerprint density at radius 1 is 1.71 bits per heavy atom. The lowest BCUT2D eigenvalue weighted by molar-refractivity contribution is 0.678. The van der Waals surface area contributed by atoms with Gasteiger partial charge in [-0.25, -0.2) is 0 Å². The normalized spacial score (nSPS) is 13.4. The van der Waals surface area contributed by atoms with E-state index in [1.807, 2.05) is 6.92 Å². The van der Waals surface area contributed by atoms with Crippen LogP contribution in [-0.4, -0.2) is 6.21 Å². The van der Waals surface area contributed by atoms with Crippen LogP contribution in [0.5, 0.6) is 0 Å². The van der Waals surface area contributed by atoms with E-state index in [0.29, 0.717) is 5.92 Å². The van der Waals surface area contributed by atoms with Crippen LogP contribution in [0.4, 0.5) is 0 Å². The summed E-state index contributed by atoms with van der Waals surface area (Å²) in [6, 6.07) is 0. The van der Waals surface area contributed by atoms with Crippen molar-refractivity contribution in [2.24, 2.45) is 5.92 Å². The Bertz CT molecular complexity index is 50.1. The predicted molar refractivity (Wildman–Crippen MR) is 32.3 cm³/mol. The van der Waals surface area contributed by atoms with Crippen LogP contribution in [-0.2, 0) is 0 Å². The Labute approximate surface area is 45.2 Å². The van der Waals surface area contributed by atoms with Gasteiger partial charge in [0.05, 0.1) is 0 Å². The first-order chi connectivity index (χ1) is 3.31. The van der Waals surface area contributed by atoms with Crippen molar-refractivity contribution in [1.82, 2.24) is 5.41 Å². The van der Waals surface area contributed by atoms with E-state index < -0.39 is 0 Å². The van der Waals surface area contributed by atoms with E-state index in [2.05, 4.69) is 6.92 Å². The zero-order chi connectivity index (χ0) is 5.70. The minimum absolute atomic E-state index is 0.380. The van der Waals surface area contributed by atoms with Gasteiger partial charge in [-0.1, -0.05) is 20.3 Å². The molecular weight excluding hydrogens is 86.1 g/mol. The van der Waals surface area contributed by atoms with Crippen molar-refractivity contribution in [3.05, 3.63) is 0 Å². The molecule has 0 aliphatic carbocycles. The fourth-order valence-electron chi connectivity index (χ4n) is 0.530.